The van der Waals surface area contributed by atoms with Crippen LogP contribution in [0.3, 0.4) is 0 Å². The van der Waals surface area contributed by atoms with E-state index in [1.165, 1.54) is 0 Å². The number of benzene rings is 1. The molecule has 0 bridgehead atoms. The second-order valence-corrected chi connectivity index (χ2v) is 5.91. The molecule has 1 saturated carbocycles. The van der Waals surface area contributed by atoms with Gasteiger partial charge in [0.2, 0.25) is 11.8 Å². The van der Waals surface area contributed by atoms with Crippen LogP contribution in [0.15, 0.2) is 22.6 Å². The third kappa shape index (κ3) is 3.36. The number of amides is 1. The van der Waals surface area contributed by atoms with Crippen LogP contribution in [0, 0.1) is 5.92 Å². The number of rotatable bonds is 3. The first-order chi connectivity index (χ1) is 10.1. The second kappa shape index (κ2) is 6.03. The first-order valence-corrected chi connectivity index (χ1v) is 7.48. The van der Waals surface area contributed by atoms with E-state index < -0.39 is 0 Å². The summed E-state index contributed by atoms with van der Waals surface area (Å²) in [5.74, 6) is 0.244. The maximum absolute atomic E-state index is 12.0. The Balaban J connectivity index is 1.75. The van der Waals surface area contributed by atoms with Crippen molar-refractivity contribution < 1.29 is 9.21 Å². The standard InChI is InChI=1S/C14H13Cl2N3O2/c15-10-5-9(6-11(16)7-10)13-18-19-14(21-13)17-12(20)8-3-1-2-4-8/h5-8H,1-4H2,(H,17,19,20). The van der Waals surface area contributed by atoms with Crippen molar-refractivity contribution in [1.29, 1.82) is 0 Å². The van der Waals surface area contributed by atoms with E-state index in [1.54, 1.807) is 18.2 Å². The van der Waals surface area contributed by atoms with Gasteiger partial charge in [0.1, 0.15) is 0 Å². The molecule has 0 saturated heterocycles. The van der Waals surface area contributed by atoms with Gasteiger partial charge in [0.25, 0.3) is 0 Å². The molecule has 0 unspecified atom stereocenters. The molecule has 2 aromatic rings. The van der Waals surface area contributed by atoms with Gasteiger partial charge in [-0.3, -0.25) is 10.1 Å². The highest BCUT2D eigenvalue weighted by molar-refractivity contribution is 6.35. The molecule has 1 aliphatic carbocycles. The average Bonchev–Trinajstić information content (AvgIpc) is 3.08. The zero-order chi connectivity index (χ0) is 14.8. The fourth-order valence-corrected chi connectivity index (χ4v) is 2.99. The summed E-state index contributed by atoms with van der Waals surface area (Å²) in [6, 6.07) is 5.05. The van der Waals surface area contributed by atoms with E-state index in [4.69, 9.17) is 27.6 Å². The number of carbonyl (C=O) groups is 1. The quantitative estimate of drug-likeness (QED) is 0.919. The Kier molecular flexibility index (Phi) is 4.12. The highest BCUT2D eigenvalue weighted by Gasteiger charge is 2.24. The Labute approximate surface area is 131 Å². The van der Waals surface area contributed by atoms with Crippen LogP contribution < -0.4 is 5.32 Å². The molecule has 7 heteroatoms. The van der Waals surface area contributed by atoms with E-state index in [0.717, 1.165) is 25.7 Å². The average molecular weight is 326 g/mol. The summed E-state index contributed by atoms with van der Waals surface area (Å²) in [6.07, 6.45) is 4.01. The van der Waals surface area contributed by atoms with Crippen molar-refractivity contribution >= 4 is 35.1 Å². The SMILES string of the molecule is O=C(Nc1nnc(-c2cc(Cl)cc(Cl)c2)o1)C1CCCC1. The number of nitrogens with zero attached hydrogens (tertiary/aromatic N) is 2. The predicted molar refractivity (Wildman–Crippen MR) is 80.3 cm³/mol. The van der Waals surface area contributed by atoms with Crippen molar-refractivity contribution in [3.8, 4) is 11.5 Å². The number of aromatic nitrogens is 2. The fourth-order valence-electron chi connectivity index (χ4n) is 2.46. The van der Waals surface area contributed by atoms with Crippen LogP contribution in [-0.2, 0) is 4.79 Å². The Hall–Kier alpha value is -1.59. The molecule has 1 aliphatic rings. The van der Waals surface area contributed by atoms with Crippen molar-refractivity contribution in [1.82, 2.24) is 10.2 Å². The molecular formula is C14H13Cl2N3O2. The third-order valence-electron chi connectivity index (χ3n) is 3.49. The number of hydrogen-bond donors (Lipinski definition) is 1. The number of halogens is 2. The number of anilines is 1. The topological polar surface area (TPSA) is 68.0 Å². The molecule has 21 heavy (non-hydrogen) atoms. The molecule has 1 fully saturated rings. The Morgan fingerprint density at radius 3 is 2.48 bits per heavy atom. The molecule has 0 atom stereocenters. The normalized spacial score (nSPS) is 15.3. The molecule has 0 spiro atoms. The molecule has 0 aliphatic heterocycles. The lowest BCUT2D eigenvalue weighted by molar-refractivity contribution is -0.119. The lowest BCUT2D eigenvalue weighted by Gasteiger charge is -2.06. The monoisotopic (exact) mass is 325 g/mol. The fraction of sp³-hybridized carbons (Fsp3) is 0.357. The second-order valence-electron chi connectivity index (χ2n) is 5.04. The van der Waals surface area contributed by atoms with E-state index >= 15 is 0 Å². The van der Waals surface area contributed by atoms with Crippen molar-refractivity contribution in [3.63, 3.8) is 0 Å². The van der Waals surface area contributed by atoms with E-state index in [0.29, 0.717) is 15.6 Å². The molecule has 1 amide bonds. The predicted octanol–water partition coefficient (Wildman–Crippen LogP) is 4.17. The summed E-state index contributed by atoms with van der Waals surface area (Å²) in [5.41, 5.74) is 0.612. The minimum absolute atomic E-state index is 0.0426. The van der Waals surface area contributed by atoms with Gasteiger partial charge in [-0.15, -0.1) is 5.10 Å². The summed E-state index contributed by atoms with van der Waals surface area (Å²) >= 11 is 11.9. The largest absolute Gasteiger partial charge is 0.403 e. The van der Waals surface area contributed by atoms with Gasteiger partial charge in [0.15, 0.2) is 0 Å². The molecule has 1 heterocycles. The van der Waals surface area contributed by atoms with Gasteiger partial charge < -0.3 is 4.42 Å². The minimum Gasteiger partial charge on any atom is -0.403 e. The lowest BCUT2D eigenvalue weighted by Crippen LogP contribution is -2.20. The summed E-state index contributed by atoms with van der Waals surface area (Å²) in [5, 5.41) is 11.3. The van der Waals surface area contributed by atoms with Gasteiger partial charge >= 0.3 is 6.01 Å². The van der Waals surface area contributed by atoms with Crippen molar-refractivity contribution in [2.75, 3.05) is 5.32 Å². The van der Waals surface area contributed by atoms with Crippen molar-refractivity contribution in [2.24, 2.45) is 5.92 Å². The van der Waals surface area contributed by atoms with Crippen LogP contribution in [0.4, 0.5) is 6.01 Å². The zero-order valence-electron chi connectivity index (χ0n) is 11.1. The van der Waals surface area contributed by atoms with Gasteiger partial charge in [-0.05, 0) is 31.0 Å². The zero-order valence-corrected chi connectivity index (χ0v) is 12.6. The summed E-state index contributed by atoms with van der Waals surface area (Å²) in [4.78, 5) is 12.0. The van der Waals surface area contributed by atoms with Crippen molar-refractivity contribution in [2.45, 2.75) is 25.7 Å². The van der Waals surface area contributed by atoms with Crippen LogP contribution in [0.5, 0.6) is 0 Å². The molecule has 0 radical (unpaired) electrons. The lowest BCUT2D eigenvalue weighted by atomic mass is 10.1. The molecule has 5 nitrogen and oxygen atoms in total. The molecule has 1 aromatic heterocycles. The maximum atomic E-state index is 12.0. The summed E-state index contributed by atoms with van der Waals surface area (Å²) in [6.45, 7) is 0. The molecule has 1 aromatic carbocycles. The number of carbonyl (C=O) groups excluding carboxylic acids is 1. The van der Waals surface area contributed by atoms with Gasteiger partial charge in [0, 0.05) is 21.5 Å². The molecular weight excluding hydrogens is 313 g/mol. The van der Waals surface area contributed by atoms with E-state index in [2.05, 4.69) is 15.5 Å². The molecule has 3 rings (SSSR count). The van der Waals surface area contributed by atoms with Crippen LogP contribution in [0.25, 0.3) is 11.5 Å². The van der Waals surface area contributed by atoms with Gasteiger partial charge in [0.05, 0.1) is 0 Å². The van der Waals surface area contributed by atoms with Gasteiger partial charge in [-0.1, -0.05) is 41.1 Å². The smallest absolute Gasteiger partial charge is 0.322 e. The van der Waals surface area contributed by atoms with Crippen LogP contribution in [-0.4, -0.2) is 16.1 Å². The van der Waals surface area contributed by atoms with Crippen LogP contribution >= 0.6 is 23.2 Å². The first kappa shape index (κ1) is 14.4. The highest BCUT2D eigenvalue weighted by atomic mass is 35.5. The van der Waals surface area contributed by atoms with Gasteiger partial charge in [-0.25, -0.2) is 0 Å². The number of nitrogens with one attached hydrogen (secondary N) is 1. The van der Waals surface area contributed by atoms with E-state index in [9.17, 15) is 4.79 Å². The maximum Gasteiger partial charge on any atom is 0.322 e. The minimum atomic E-state index is -0.0631. The number of hydrogen-bond acceptors (Lipinski definition) is 4. The third-order valence-corrected chi connectivity index (χ3v) is 3.93. The summed E-state index contributed by atoms with van der Waals surface area (Å²) in [7, 11) is 0. The first-order valence-electron chi connectivity index (χ1n) is 6.72. The van der Waals surface area contributed by atoms with Crippen molar-refractivity contribution in [3.05, 3.63) is 28.2 Å². The Morgan fingerprint density at radius 2 is 1.81 bits per heavy atom. The Bertz CT molecular complexity index is 646. The Morgan fingerprint density at radius 1 is 1.14 bits per heavy atom. The molecule has 1 N–H and O–H groups in total. The van der Waals surface area contributed by atoms with Crippen LogP contribution in [0.1, 0.15) is 25.7 Å². The van der Waals surface area contributed by atoms with E-state index in [1.807, 2.05) is 0 Å². The van der Waals surface area contributed by atoms with Crippen LogP contribution in [0.2, 0.25) is 10.0 Å². The highest BCUT2D eigenvalue weighted by Crippen LogP contribution is 2.28. The van der Waals surface area contributed by atoms with E-state index in [-0.39, 0.29) is 23.7 Å². The molecule has 110 valence electrons. The summed E-state index contributed by atoms with van der Waals surface area (Å²) < 4.78 is 5.44. The van der Waals surface area contributed by atoms with Gasteiger partial charge in [-0.2, -0.15) is 0 Å².